The molecule has 0 spiro atoms. The van der Waals surface area contributed by atoms with E-state index in [1.807, 2.05) is 24.3 Å². The number of hydrogen-bond acceptors (Lipinski definition) is 4. The third-order valence-electron chi connectivity index (χ3n) is 3.44. The lowest BCUT2D eigenvalue weighted by Gasteiger charge is -2.23. The van der Waals surface area contributed by atoms with Gasteiger partial charge in [0.15, 0.2) is 0 Å². The summed E-state index contributed by atoms with van der Waals surface area (Å²) < 4.78 is 9.99. The Kier molecular flexibility index (Phi) is 6.41. The molecule has 0 aliphatic rings. The van der Waals surface area contributed by atoms with Gasteiger partial charge in [-0.2, -0.15) is 0 Å². The van der Waals surface area contributed by atoms with Crippen molar-refractivity contribution >= 4 is 12.1 Å². The SMILES string of the molecule is COC(=O)C(Cc1ccc(C(C)(C)C)cc1)NC(=O)OC(C)(C)C. The minimum absolute atomic E-state index is 0.0645. The van der Waals surface area contributed by atoms with Gasteiger partial charge in [0, 0.05) is 6.42 Å². The number of carbonyl (C=O) groups excluding carboxylic acids is 2. The quantitative estimate of drug-likeness (QED) is 0.854. The van der Waals surface area contributed by atoms with Crippen LogP contribution in [-0.4, -0.2) is 30.8 Å². The molecule has 0 fully saturated rings. The van der Waals surface area contributed by atoms with Crippen LogP contribution in [0.1, 0.15) is 52.7 Å². The van der Waals surface area contributed by atoms with E-state index in [0.717, 1.165) is 5.56 Å². The van der Waals surface area contributed by atoms with E-state index >= 15 is 0 Å². The van der Waals surface area contributed by atoms with Crippen LogP contribution < -0.4 is 5.32 Å². The summed E-state index contributed by atoms with van der Waals surface area (Å²) in [5, 5.41) is 2.58. The summed E-state index contributed by atoms with van der Waals surface area (Å²) in [5.41, 5.74) is 1.59. The number of esters is 1. The fraction of sp³-hybridized carbons (Fsp3) is 0.579. The third kappa shape index (κ3) is 6.60. The Bertz CT molecular complexity index is 565. The summed E-state index contributed by atoms with van der Waals surface area (Å²) in [6.45, 7) is 11.7. The molecule has 1 unspecified atom stereocenters. The third-order valence-corrected chi connectivity index (χ3v) is 3.44. The lowest BCUT2D eigenvalue weighted by Crippen LogP contribution is -2.45. The average Bonchev–Trinajstić information content (AvgIpc) is 2.43. The molecular weight excluding hydrogens is 306 g/mol. The van der Waals surface area contributed by atoms with Gasteiger partial charge in [-0.25, -0.2) is 9.59 Å². The highest BCUT2D eigenvalue weighted by atomic mass is 16.6. The maximum atomic E-state index is 12.0. The highest BCUT2D eigenvalue weighted by molar-refractivity contribution is 5.81. The maximum Gasteiger partial charge on any atom is 0.408 e. The van der Waals surface area contributed by atoms with Gasteiger partial charge in [-0.15, -0.1) is 0 Å². The summed E-state index contributed by atoms with van der Waals surface area (Å²) in [7, 11) is 1.30. The van der Waals surface area contributed by atoms with Crippen molar-refractivity contribution < 1.29 is 19.1 Å². The zero-order valence-corrected chi connectivity index (χ0v) is 15.7. The molecule has 1 rings (SSSR count). The van der Waals surface area contributed by atoms with Gasteiger partial charge in [-0.1, -0.05) is 45.0 Å². The summed E-state index contributed by atoms with van der Waals surface area (Å²) in [6, 6.07) is 7.22. The van der Waals surface area contributed by atoms with E-state index in [9.17, 15) is 9.59 Å². The van der Waals surface area contributed by atoms with Gasteiger partial charge in [-0.3, -0.25) is 0 Å². The highest BCUT2D eigenvalue weighted by Gasteiger charge is 2.25. The molecule has 1 atom stereocenters. The van der Waals surface area contributed by atoms with Crippen LogP contribution in [0.3, 0.4) is 0 Å². The molecule has 0 bridgehead atoms. The fourth-order valence-corrected chi connectivity index (χ4v) is 2.16. The molecule has 0 heterocycles. The number of benzene rings is 1. The molecule has 134 valence electrons. The van der Waals surface area contributed by atoms with Gasteiger partial charge in [0.25, 0.3) is 0 Å². The molecule has 0 saturated carbocycles. The second kappa shape index (κ2) is 7.69. The smallest absolute Gasteiger partial charge is 0.408 e. The van der Waals surface area contributed by atoms with Crippen molar-refractivity contribution in [2.24, 2.45) is 0 Å². The van der Waals surface area contributed by atoms with Crippen LogP contribution in [0, 0.1) is 0 Å². The standard InChI is InChI=1S/C19H29NO4/c1-18(2,3)14-10-8-13(9-11-14)12-15(16(21)23-7)20-17(22)24-19(4,5)6/h8-11,15H,12H2,1-7H3,(H,20,22). The van der Waals surface area contributed by atoms with Gasteiger partial charge in [0.1, 0.15) is 11.6 Å². The van der Waals surface area contributed by atoms with Crippen molar-refractivity contribution in [2.45, 2.75) is 65.0 Å². The van der Waals surface area contributed by atoms with Crippen molar-refractivity contribution in [1.82, 2.24) is 5.32 Å². The van der Waals surface area contributed by atoms with Gasteiger partial charge < -0.3 is 14.8 Å². The molecule has 1 aromatic rings. The van der Waals surface area contributed by atoms with Crippen LogP contribution in [-0.2, 0) is 26.1 Å². The van der Waals surface area contributed by atoms with Gasteiger partial charge in [0.2, 0.25) is 0 Å². The van der Waals surface area contributed by atoms with E-state index in [4.69, 9.17) is 9.47 Å². The summed E-state index contributed by atoms with van der Waals surface area (Å²) in [4.78, 5) is 23.9. The molecule has 0 aromatic heterocycles. The normalized spacial score (nSPS) is 13.1. The van der Waals surface area contributed by atoms with Crippen LogP contribution in [0.2, 0.25) is 0 Å². The number of hydrogen-bond donors (Lipinski definition) is 1. The predicted octanol–water partition coefficient (Wildman–Crippen LogP) is 3.59. The zero-order valence-electron chi connectivity index (χ0n) is 15.7. The minimum Gasteiger partial charge on any atom is -0.467 e. The molecule has 1 N–H and O–H groups in total. The molecule has 0 aliphatic carbocycles. The van der Waals surface area contributed by atoms with Gasteiger partial charge in [-0.05, 0) is 37.3 Å². The summed E-state index contributed by atoms with van der Waals surface area (Å²) in [5.74, 6) is -0.499. The lowest BCUT2D eigenvalue weighted by atomic mass is 9.86. The number of alkyl carbamates (subject to hydrolysis) is 1. The summed E-state index contributed by atoms with van der Waals surface area (Å²) >= 11 is 0. The number of methoxy groups -OCH3 is 1. The molecule has 0 saturated heterocycles. The van der Waals surface area contributed by atoms with Gasteiger partial charge in [0.05, 0.1) is 7.11 Å². The first kappa shape index (κ1) is 20.0. The molecule has 0 aliphatic heterocycles. The Morgan fingerprint density at radius 3 is 2.00 bits per heavy atom. The monoisotopic (exact) mass is 335 g/mol. The van der Waals surface area contributed by atoms with E-state index in [-0.39, 0.29) is 5.41 Å². The molecular formula is C19H29NO4. The number of rotatable bonds is 4. The van der Waals surface area contributed by atoms with Crippen LogP contribution in [0.25, 0.3) is 0 Å². The molecule has 24 heavy (non-hydrogen) atoms. The predicted molar refractivity (Wildman–Crippen MR) is 94.0 cm³/mol. The largest absolute Gasteiger partial charge is 0.467 e. The first-order valence-electron chi connectivity index (χ1n) is 8.09. The second-order valence-electron chi connectivity index (χ2n) is 7.87. The Hall–Kier alpha value is -2.04. The highest BCUT2D eigenvalue weighted by Crippen LogP contribution is 2.22. The first-order chi connectivity index (χ1) is 10.9. The number of carbonyl (C=O) groups is 2. The van der Waals surface area contributed by atoms with E-state index < -0.39 is 23.7 Å². The zero-order chi connectivity index (χ0) is 18.5. The van der Waals surface area contributed by atoms with Crippen LogP contribution in [0.15, 0.2) is 24.3 Å². The number of amides is 1. The Labute approximate surface area is 144 Å². The van der Waals surface area contributed by atoms with Crippen LogP contribution >= 0.6 is 0 Å². The Morgan fingerprint density at radius 2 is 1.58 bits per heavy atom. The molecule has 5 heteroatoms. The van der Waals surface area contributed by atoms with Crippen LogP contribution in [0.5, 0.6) is 0 Å². The topological polar surface area (TPSA) is 64.6 Å². The van der Waals surface area contributed by atoms with Gasteiger partial charge >= 0.3 is 12.1 Å². The summed E-state index contributed by atoms with van der Waals surface area (Å²) in [6.07, 6.45) is -0.291. The molecule has 5 nitrogen and oxygen atoms in total. The van der Waals surface area contributed by atoms with Crippen molar-refractivity contribution in [3.8, 4) is 0 Å². The van der Waals surface area contributed by atoms with E-state index in [1.165, 1.54) is 12.7 Å². The average molecular weight is 335 g/mol. The van der Waals surface area contributed by atoms with Crippen molar-refractivity contribution in [2.75, 3.05) is 7.11 Å². The van der Waals surface area contributed by atoms with E-state index in [0.29, 0.717) is 6.42 Å². The fourth-order valence-electron chi connectivity index (χ4n) is 2.16. The van der Waals surface area contributed by atoms with E-state index in [2.05, 4.69) is 26.1 Å². The number of ether oxygens (including phenoxy) is 2. The van der Waals surface area contributed by atoms with Crippen molar-refractivity contribution in [3.63, 3.8) is 0 Å². The van der Waals surface area contributed by atoms with Crippen molar-refractivity contribution in [3.05, 3.63) is 35.4 Å². The first-order valence-corrected chi connectivity index (χ1v) is 8.09. The number of nitrogens with one attached hydrogen (secondary N) is 1. The van der Waals surface area contributed by atoms with E-state index in [1.54, 1.807) is 20.8 Å². The van der Waals surface area contributed by atoms with Crippen LogP contribution in [0.4, 0.5) is 4.79 Å². The molecule has 1 aromatic carbocycles. The molecule has 0 radical (unpaired) electrons. The molecule has 1 amide bonds. The Morgan fingerprint density at radius 1 is 1.04 bits per heavy atom. The minimum atomic E-state index is -0.787. The van der Waals surface area contributed by atoms with Crippen molar-refractivity contribution in [1.29, 1.82) is 0 Å². The maximum absolute atomic E-state index is 12.0. The lowest BCUT2D eigenvalue weighted by molar-refractivity contribution is -0.143. The second-order valence-corrected chi connectivity index (χ2v) is 7.87. The Balaban J connectivity index is 2.83.